The first kappa shape index (κ1) is 22.0. The van der Waals surface area contributed by atoms with E-state index in [2.05, 4.69) is 6.08 Å². The monoisotopic (exact) mass is 476 g/mol. The van der Waals surface area contributed by atoms with E-state index in [1.807, 2.05) is 26.8 Å². The second-order valence-electron chi connectivity index (χ2n) is 9.91. The molecule has 6 bridgehead atoms. The molecule has 7 aliphatic rings. The van der Waals surface area contributed by atoms with E-state index in [4.69, 9.17) is 32.7 Å². The number of benzene rings is 1. The molecule has 3 aliphatic heterocycles. The normalized spacial score (nSPS) is 35.0. The fourth-order valence-electron chi connectivity index (χ4n) is 5.36. The molecule has 8 rings (SSSR count). The van der Waals surface area contributed by atoms with E-state index in [1.54, 1.807) is 6.07 Å². The molecule has 0 amide bonds. The highest BCUT2D eigenvalue weighted by molar-refractivity contribution is 6.45. The van der Waals surface area contributed by atoms with Crippen molar-refractivity contribution in [3.8, 4) is 11.5 Å². The molecule has 4 aliphatic carbocycles. The van der Waals surface area contributed by atoms with Crippen molar-refractivity contribution in [3.05, 3.63) is 46.1 Å². The van der Waals surface area contributed by atoms with Crippen LogP contribution in [0.25, 0.3) is 0 Å². The Balaban J connectivity index is 1.83. The summed E-state index contributed by atoms with van der Waals surface area (Å²) >= 11 is 13.7. The lowest BCUT2D eigenvalue weighted by Crippen LogP contribution is -2.72. The maximum Gasteiger partial charge on any atom is 0.198 e. The third kappa shape index (κ3) is 2.87. The van der Waals surface area contributed by atoms with Crippen LogP contribution in [0, 0.1) is 0 Å². The number of phenolic OH excluding ortho intramolecular Hbond substituents is 1. The number of allylic oxidation sites excluding steroid dienone is 2. The minimum absolute atomic E-state index is 0.0471. The van der Waals surface area contributed by atoms with Gasteiger partial charge in [-0.3, -0.25) is 9.59 Å². The van der Waals surface area contributed by atoms with Crippen molar-refractivity contribution in [2.45, 2.75) is 74.3 Å². The van der Waals surface area contributed by atoms with E-state index in [9.17, 15) is 14.7 Å². The number of phenols is 1. The van der Waals surface area contributed by atoms with Gasteiger partial charge in [-0.05, 0) is 51.7 Å². The summed E-state index contributed by atoms with van der Waals surface area (Å²) in [6, 6.07) is 1.57. The highest BCUT2D eigenvalue weighted by atomic mass is 35.5. The number of Topliss-reactive ketones (excluding diaryl/α,β-unsaturated/α-hetero) is 2. The standard InChI is InChI=1S/C25H26Cl2O5/c1-13-5-4-6-14-9-15-17(31-12-14)10-16-19(20(15)28)22(30)24(27)11-18(26)23(2,3)32-25(24,8-7-13)21(16)29/h6-7,10,18,28H,4-5,8-9,11-12H2,1-3H3/b13-7-,14-6?/t18-,24+,25+/m1/s1. The van der Waals surface area contributed by atoms with Crippen LogP contribution in [-0.4, -0.2) is 44.7 Å². The molecule has 1 N–H and O–H groups in total. The number of carbonyl (C=O) groups is 2. The average molecular weight is 477 g/mol. The lowest BCUT2D eigenvalue weighted by Gasteiger charge is -2.56. The Labute approximate surface area is 197 Å². The van der Waals surface area contributed by atoms with Crippen LogP contribution in [-0.2, 0) is 11.2 Å². The predicted molar refractivity (Wildman–Crippen MR) is 122 cm³/mol. The topological polar surface area (TPSA) is 72.8 Å². The molecule has 3 heterocycles. The summed E-state index contributed by atoms with van der Waals surface area (Å²) in [4.78, 5) is 26.3. The molecule has 5 nitrogen and oxygen atoms in total. The van der Waals surface area contributed by atoms with Crippen molar-refractivity contribution in [2.24, 2.45) is 0 Å². The fraction of sp³-hybridized carbons (Fsp3) is 0.520. The zero-order valence-corrected chi connectivity index (χ0v) is 19.9. The van der Waals surface area contributed by atoms with Crippen molar-refractivity contribution in [1.29, 1.82) is 0 Å². The molecule has 0 saturated carbocycles. The molecule has 32 heavy (non-hydrogen) atoms. The summed E-state index contributed by atoms with van der Waals surface area (Å²) in [6.07, 6.45) is 6.34. The van der Waals surface area contributed by atoms with Gasteiger partial charge in [-0.15, -0.1) is 23.2 Å². The van der Waals surface area contributed by atoms with E-state index >= 15 is 0 Å². The highest BCUT2D eigenvalue weighted by Crippen LogP contribution is 2.57. The smallest absolute Gasteiger partial charge is 0.198 e. The van der Waals surface area contributed by atoms with Crippen molar-refractivity contribution >= 4 is 34.8 Å². The van der Waals surface area contributed by atoms with E-state index in [1.165, 1.54) is 0 Å². The minimum atomic E-state index is -1.72. The van der Waals surface area contributed by atoms with Crippen LogP contribution in [0.2, 0.25) is 0 Å². The van der Waals surface area contributed by atoms with Gasteiger partial charge < -0.3 is 14.6 Å². The van der Waals surface area contributed by atoms with Gasteiger partial charge in [0.25, 0.3) is 0 Å². The molecule has 0 unspecified atom stereocenters. The summed E-state index contributed by atoms with van der Waals surface area (Å²) in [6.45, 7) is 6.01. The first-order chi connectivity index (χ1) is 15.0. The van der Waals surface area contributed by atoms with E-state index < -0.39 is 33.0 Å². The Hall–Kier alpha value is -1.82. The van der Waals surface area contributed by atoms with Gasteiger partial charge in [0, 0.05) is 24.0 Å². The zero-order chi connectivity index (χ0) is 23.1. The number of hydrogen-bond acceptors (Lipinski definition) is 5. The summed E-state index contributed by atoms with van der Waals surface area (Å²) in [5.41, 5.74) is 0.169. The quantitative estimate of drug-likeness (QED) is 0.406. The van der Waals surface area contributed by atoms with Crippen molar-refractivity contribution in [3.63, 3.8) is 0 Å². The summed E-state index contributed by atoms with van der Waals surface area (Å²) in [7, 11) is 0. The maximum absolute atomic E-state index is 14.1. The van der Waals surface area contributed by atoms with Crippen LogP contribution in [0.15, 0.2) is 29.4 Å². The van der Waals surface area contributed by atoms with Gasteiger partial charge in [-0.25, -0.2) is 0 Å². The summed E-state index contributed by atoms with van der Waals surface area (Å²) in [5.74, 6) is -0.738. The van der Waals surface area contributed by atoms with Crippen LogP contribution in [0.1, 0.15) is 72.7 Å². The van der Waals surface area contributed by atoms with Gasteiger partial charge in [0.05, 0.1) is 16.5 Å². The number of ether oxygens (including phenoxy) is 2. The molecule has 1 aromatic carbocycles. The molecule has 1 spiro atoms. The molecular weight excluding hydrogens is 451 g/mol. The number of alkyl halides is 2. The van der Waals surface area contributed by atoms with E-state index in [-0.39, 0.29) is 29.7 Å². The minimum Gasteiger partial charge on any atom is -0.507 e. The number of aromatic hydroxyl groups is 1. The molecule has 0 aromatic heterocycles. The molecular formula is C25H26Cl2O5. The van der Waals surface area contributed by atoms with Crippen LogP contribution >= 0.6 is 23.2 Å². The average Bonchev–Trinajstić information content (AvgIpc) is 2.73. The van der Waals surface area contributed by atoms with Gasteiger partial charge in [0.1, 0.15) is 23.0 Å². The second kappa shape index (κ2) is 7.09. The Morgan fingerprint density at radius 3 is 2.69 bits per heavy atom. The third-order valence-electron chi connectivity index (χ3n) is 7.38. The largest absolute Gasteiger partial charge is 0.507 e. The van der Waals surface area contributed by atoms with Crippen molar-refractivity contribution in [1.82, 2.24) is 0 Å². The Kier molecular flexibility index (Phi) is 4.87. The first-order valence-corrected chi connectivity index (χ1v) is 11.8. The SMILES string of the molecule is C/C1=C/C[C@@]23OC(C)(C)[C@H](Cl)C[C@]2(Cl)C(=O)c2c(cc4c(c2O)CC(=CCC1)CO4)C3=O. The zero-order valence-electron chi connectivity index (χ0n) is 18.4. The number of ketones is 2. The number of hydrogen-bond donors (Lipinski definition) is 1. The van der Waals surface area contributed by atoms with Crippen LogP contribution in [0.3, 0.4) is 0 Å². The van der Waals surface area contributed by atoms with E-state index in [0.29, 0.717) is 24.3 Å². The molecule has 7 heteroatoms. The highest BCUT2D eigenvalue weighted by Gasteiger charge is 2.70. The number of fused-ring (bicyclic) bond motifs is 1. The van der Waals surface area contributed by atoms with Crippen LogP contribution in [0.5, 0.6) is 11.5 Å². The molecule has 1 aromatic rings. The van der Waals surface area contributed by atoms with Gasteiger partial charge in [-0.1, -0.05) is 17.7 Å². The van der Waals surface area contributed by atoms with Gasteiger partial charge in [0.15, 0.2) is 17.2 Å². The van der Waals surface area contributed by atoms with Gasteiger partial charge in [0.2, 0.25) is 0 Å². The Bertz CT molecular complexity index is 1120. The first-order valence-electron chi connectivity index (χ1n) is 11.0. The second-order valence-corrected chi connectivity index (χ2v) is 11.1. The Morgan fingerprint density at radius 1 is 1.19 bits per heavy atom. The molecule has 1 fully saturated rings. The molecule has 170 valence electrons. The van der Waals surface area contributed by atoms with Crippen LogP contribution in [0.4, 0.5) is 0 Å². The van der Waals surface area contributed by atoms with Crippen molar-refractivity contribution in [2.75, 3.05) is 6.61 Å². The predicted octanol–water partition coefficient (Wildman–Crippen LogP) is 5.29. The van der Waals surface area contributed by atoms with E-state index in [0.717, 1.165) is 24.0 Å². The molecule has 3 atom stereocenters. The van der Waals surface area contributed by atoms with Gasteiger partial charge >= 0.3 is 0 Å². The number of halogens is 2. The molecule has 1 saturated heterocycles. The van der Waals surface area contributed by atoms with Crippen LogP contribution < -0.4 is 4.74 Å². The lowest BCUT2D eigenvalue weighted by molar-refractivity contribution is -0.157. The molecule has 0 radical (unpaired) electrons. The summed E-state index contributed by atoms with van der Waals surface area (Å²) < 4.78 is 12.3. The lowest BCUT2D eigenvalue weighted by atomic mass is 9.63. The van der Waals surface area contributed by atoms with Gasteiger partial charge in [-0.2, -0.15) is 0 Å². The third-order valence-corrected chi connectivity index (χ3v) is 8.69. The van der Waals surface area contributed by atoms with Crippen molar-refractivity contribution < 1.29 is 24.2 Å². The number of rotatable bonds is 0. The Morgan fingerprint density at radius 2 is 1.94 bits per heavy atom. The summed E-state index contributed by atoms with van der Waals surface area (Å²) in [5, 5.41) is 10.6. The fourth-order valence-corrected chi connectivity index (χ4v) is 6.17. The maximum atomic E-state index is 14.1. The number of carbonyl (C=O) groups excluding carboxylic acids is 2.